The van der Waals surface area contributed by atoms with Crippen LogP contribution >= 0.6 is 0 Å². The van der Waals surface area contributed by atoms with Crippen LogP contribution in [0.2, 0.25) is 0 Å². The molecule has 2 aliphatic heterocycles. The lowest BCUT2D eigenvalue weighted by molar-refractivity contribution is -0.149. The Morgan fingerprint density at radius 1 is 1.50 bits per heavy atom. The van der Waals surface area contributed by atoms with Crippen molar-refractivity contribution < 1.29 is 24.2 Å². The van der Waals surface area contributed by atoms with Crippen LogP contribution in [0.1, 0.15) is 12.8 Å². The van der Waals surface area contributed by atoms with Crippen LogP contribution in [0.5, 0.6) is 0 Å². The molecule has 0 aromatic carbocycles. The average Bonchev–Trinajstić information content (AvgIpc) is 2.88. The molecule has 2 heterocycles. The van der Waals surface area contributed by atoms with Crippen LogP contribution < -0.4 is 10.6 Å². The topological polar surface area (TPSA) is 108 Å². The van der Waals surface area contributed by atoms with Crippen molar-refractivity contribution in [2.75, 3.05) is 26.7 Å². The fourth-order valence-corrected chi connectivity index (χ4v) is 2.62. The quantitative estimate of drug-likeness (QED) is 0.560. The van der Waals surface area contributed by atoms with Gasteiger partial charge in [-0.1, -0.05) is 0 Å². The van der Waals surface area contributed by atoms with Crippen molar-refractivity contribution in [2.24, 2.45) is 0 Å². The zero-order valence-corrected chi connectivity index (χ0v) is 11.3. The summed E-state index contributed by atoms with van der Waals surface area (Å²) in [6, 6.07) is -1.35. The van der Waals surface area contributed by atoms with Crippen molar-refractivity contribution in [1.29, 1.82) is 0 Å². The number of hydrogen-bond acceptors (Lipinski definition) is 5. The Balaban J connectivity index is 2.06. The van der Waals surface area contributed by atoms with E-state index in [1.165, 1.54) is 4.90 Å². The Kier molecular flexibility index (Phi) is 4.56. The number of methoxy groups -OCH3 is 1. The summed E-state index contributed by atoms with van der Waals surface area (Å²) in [5, 5.41) is 14.5. The number of carboxylic acid groups (broad SMARTS) is 1. The van der Waals surface area contributed by atoms with Gasteiger partial charge in [0, 0.05) is 26.7 Å². The number of aliphatic carboxylic acids is 1. The molecule has 3 N–H and O–H groups in total. The standard InChI is InChI=1S/C12H19N3O5/c1-20-7-4-8(14-6-7)12(19)15-3-2-13-11(18)9(15)5-10(16)17/h7-9,14H,2-6H2,1H3,(H,13,18)(H,16,17). The highest BCUT2D eigenvalue weighted by Crippen LogP contribution is 2.16. The molecule has 0 aliphatic carbocycles. The SMILES string of the molecule is COC1CNC(C(=O)N2CCNC(=O)C2CC(=O)O)C1. The summed E-state index contributed by atoms with van der Waals surface area (Å²) in [6.45, 7) is 1.26. The Morgan fingerprint density at radius 3 is 2.85 bits per heavy atom. The van der Waals surface area contributed by atoms with Crippen LogP contribution in [0.15, 0.2) is 0 Å². The second kappa shape index (κ2) is 6.19. The van der Waals surface area contributed by atoms with E-state index in [0.717, 1.165) is 0 Å². The Morgan fingerprint density at radius 2 is 2.25 bits per heavy atom. The fourth-order valence-electron chi connectivity index (χ4n) is 2.62. The maximum atomic E-state index is 12.4. The predicted octanol–water partition coefficient (Wildman–Crippen LogP) is -1.83. The summed E-state index contributed by atoms with van der Waals surface area (Å²) in [6.07, 6.45) is 0.131. The molecule has 0 aromatic rings. The number of rotatable bonds is 4. The third kappa shape index (κ3) is 3.07. The van der Waals surface area contributed by atoms with Gasteiger partial charge in [0.2, 0.25) is 11.8 Å². The van der Waals surface area contributed by atoms with Crippen LogP contribution in [0.3, 0.4) is 0 Å². The van der Waals surface area contributed by atoms with Gasteiger partial charge in [-0.25, -0.2) is 0 Å². The summed E-state index contributed by atoms with van der Waals surface area (Å²) in [4.78, 5) is 36.4. The van der Waals surface area contributed by atoms with E-state index in [0.29, 0.717) is 26.1 Å². The van der Waals surface area contributed by atoms with Crippen molar-refractivity contribution in [2.45, 2.75) is 31.0 Å². The zero-order valence-electron chi connectivity index (χ0n) is 11.3. The van der Waals surface area contributed by atoms with Gasteiger partial charge in [-0.15, -0.1) is 0 Å². The molecular formula is C12H19N3O5. The first kappa shape index (κ1) is 14.7. The molecule has 0 radical (unpaired) electrons. The molecule has 0 saturated carbocycles. The number of nitrogens with one attached hydrogen (secondary N) is 2. The van der Waals surface area contributed by atoms with Crippen molar-refractivity contribution in [3.8, 4) is 0 Å². The molecule has 0 spiro atoms. The summed E-state index contributed by atoms with van der Waals surface area (Å²) >= 11 is 0. The van der Waals surface area contributed by atoms with Crippen molar-refractivity contribution in [1.82, 2.24) is 15.5 Å². The zero-order chi connectivity index (χ0) is 14.7. The first-order chi connectivity index (χ1) is 9.52. The third-order valence-corrected chi connectivity index (χ3v) is 3.70. The predicted molar refractivity (Wildman–Crippen MR) is 68.0 cm³/mol. The number of piperazine rings is 1. The van der Waals surface area contributed by atoms with E-state index in [2.05, 4.69) is 10.6 Å². The third-order valence-electron chi connectivity index (χ3n) is 3.70. The summed E-state index contributed by atoms with van der Waals surface area (Å²) in [5.74, 6) is -1.74. The second-order valence-corrected chi connectivity index (χ2v) is 4.99. The van der Waals surface area contributed by atoms with Gasteiger partial charge in [-0.3, -0.25) is 14.4 Å². The van der Waals surface area contributed by atoms with Gasteiger partial charge in [0.1, 0.15) is 6.04 Å². The van der Waals surface area contributed by atoms with E-state index in [1.54, 1.807) is 7.11 Å². The molecule has 2 fully saturated rings. The largest absolute Gasteiger partial charge is 0.481 e. The minimum absolute atomic E-state index is 0.0273. The number of ether oxygens (including phenoxy) is 1. The molecule has 3 atom stereocenters. The van der Waals surface area contributed by atoms with E-state index in [4.69, 9.17) is 9.84 Å². The maximum Gasteiger partial charge on any atom is 0.305 e. The highest BCUT2D eigenvalue weighted by molar-refractivity contribution is 5.93. The van der Waals surface area contributed by atoms with Crippen molar-refractivity contribution >= 4 is 17.8 Å². The number of carbonyl (C=O) groups is 3. The molecule has 0 bridgehead atoms. The number of nitrogens with zero attached hydrogens (tertiary/aromatic N) is 1. The summed E-state index contributed by atoms with van der Waals surface area (Å²) < 4.78 is 5.18. The highest BCUT2D eigenvalue weighted by atomic mass is 16.5. The van der Waals surface area contributed by atoms with Crippen LogP contribution in [-0.2, 0) is 19.1 Å². The molecule has 0 aromatic heterocycles. The van der Waals surface area contributed by atoms with E-state index in [9.17, 15) is 14.4 Å². The van der Waals surface area contributed by atoms with Crippen LogP contribution in [0.25, 0.3) is 0 Å². The Hall–Kier alpha value is -1.67. The number of carboxylic acids is 1. The first-order valence-electron chi connectivity index (χ1n) is 6.59. The van der Waals surface area contributed by atoms with Crippen molar-refractivity contribution in [3.05, 3.63) is 0 Å². The second-order valence-electron chi connectivity index (χ2n) is 4.99. The smallest absolute Gasteiger partial charge is 0.305 e. The number of hydrogen-bond donors (Lipinski definition) is 3. The molecule has 2 amide bonds. The molecule has 2 rings (SSSR count). The molecule has 3 unspecified atom stereocenters. The normalized spacial score (nSPS) is 30.1. The molecule has 2 saturated heterocycles. The van der Waals surface area contributed by atoms with E-state index >= 15 is 0 Å². The monoisotopic (exact) mass is 285 g/mol. The van der Waals surface area contributed by atoms with Gasteiger partial charge in [0.15, 0.2) is 0 Å². The minimum Gasteiger partial charge on any atom is -0.481 e. The van der Waals surface area contributed by atoms with Gasteiger partial charge in [0.25, 0.3) is 0 Å². The number of carbonyl (C=O) groups excluding carboxylic acids is 2. The fraction of sp³-hybridized carbons (Fsp3) is 0.750. The molecule has 20 heavy (non-hydrogen) atoms. The van der Waals surface area contributed by atoms with Crippen LogP contribution in [-0.4, -0.2) is 72.7 Å². The average molecular weight is 285 g/mol. The summed E-state index contributed by atoms with van der Waals surface area (Å²) in [7, 11) is 1.58. The van der Waals surface area contributed by atoms with Gasteiger partial charge in [-0.2, -0.15) is 0 Å². The maximum absolute atomic E-state index is 12.4. The first-order valence-corrected chi connectivity index (χ1v) is 6.59. The van der Waals surface area contributed by atoms with Crippen LogP contribution in [0, 0.1) is 0 Å². The lowest BCUT2D eigenvalue weighted by atomic mass is 10.1. The molecular weight excluding hydrogens is 266 g/mol. The molecule has 112 valence electrons. The highest BCUT2D eigenvalue weighted by Gasteiger charge is 2.39. The van der Waals surface area contributed by atoms with E-state index in [1.807, 2.05) is 0 Å². The lowest BCUT2D eigenvalue weighted by Gasteiger charge is -2.35. The van der Waals surface area contributed by atoms with Crippen molar-refractivity contribution in [3.63, 3.8) is 0 Å². The van der Waals surface area contributed by atoms with E-state index in [-0.39, 0.29) is 18.4 Å². The molecule has 8 nitrogen and oxygen atoms in total. The number of amides is 2. The van der Waals surface area contributed by atoms with E-state index < -0.39 is 24.0 Å². The Bertz CT molecular complexity index is 414. The minimum atomic E-state index is -1.10. The van der Waals surface area contributed by atoms with Gasteiger partial charge in [0.05, 0.1) is 18.6 Å². The van der Waals surface area contributed by atoms with Crippen LogP contribution in [0.4, 0.5) is 0 Å². The summed E-state index contributed by atoms with van der Waals surface area (Å²) in [5.41, 5.74) is 0. The van der Waals surface area contributed by atoms with Gasteiger partial charge in [-0.05, 0) is 6.42 Å². The lowest BCUT2D eigenvalue weighted by Crippen LogP contribution is -2.60. The van der Waals surface area contributed by atoms with Gasteiger partial charge >= 0.3 is 5.97 Å². The Labute approximate surface area is 116 Å². The molecule has 8 heteroatoms. The van der Waals surface area contributed by atoms with Gasteiger partial charge < -0.3 is 25.4 Å². The molecule has 2 aliphatic rings.